The normalized spacial score (nSPS) is 37.1. The van der Waals surface area contributed by atoms with E-state index in [2.05, 4.69) is 59.9 Å². The van der Waals surface area contributed by atoms with Gasteiger partial charge in [-0.25, -0.2) is 8.42 Å². The Labute approximate surface area is 362 Å². The number of carbonyl (C=O) groups excluding carboxylic acids is 1. The van der Waals surface area contributed by atoms with E-state index in [1.807, 2.05) is 44.2 Å². The van der Waals surface area contributed by atoms with Gasteiger partial charge in [0, 0.05) is 13.1 Å². The van der Waals surface area contributed by atoms with E-state index in [1.165, 1.54) is 9.88 Å². The van der Waals surface area contributed by atoms with Crippen LogP contribution in [0.4, 0.5) is 0 Å². The van der Waals surface area contributed by atoms with Crippen molar-refractivity contribution in [3.8, 4) is 5.75 Å². The Bertz CT molecular complexity index is 2000. The van der Waals surface area contributed by atoms with Gasteiger partial charge in [-0.2, -0.15) is 4.31 Å². The molecule has 0 heterocycles. The van der Waals surface area contributed by atoms with Crippen molar-refractivity contribution in [2.75, 3.05) is 20.2 Å². The smallest absolute Gasteiger partial charge is 0.243 e. The lowest BCUT2D eigenvalue weighted by molar-refractivity contribution is -0.204. The highest BCUT2D eigenvalue weighted by Crippen LogP contribution is 2.75. The lowest BCUT2D eigenvalue weighted by Crippen LogP contribution is -2.66. The number of sulfonamides is 1. The summed E-state index contributed by atoms with van der Waals surface area (Å²) in [6.45, 7) is 21.0. The highest BCUT2D eigenvalue weighted by atomic mass is 32.2. The number of aliphatic hydroxyl groups excluding tert-OH is 2. The molecular formula is C51H76N2O6S. The van der Waals surface area contributed by atoms with Gasteiger partial charge in [0.1, 0.15) is 5.75 Å². The van der Waals surface area contributed by atoms with Gasteiger partial charge in [-0.15, -0.1) is 0 Å². The number of carbonyl (C=O) groups is 1. The molecular weight excluding hydrogens is 769 g/mol. The van der Waals surface area contributed by atoms with E-state index in [1.54, 1.807) is 31.4 Å². The second kappa shape index (κ2) is 16.4. The maximum Gasteiger partial charge on any atom is 0.243 e. The quantitative estimate of drug-likeness (QED) is 0.184. The summed E-state index contributed by atoms with van der Waals surface area (Å²) in [7, 11) is -2.43. The minimum atomic E-state index is -3.98. The lowest BCUT2D eigenvalue weighted by Gasteiger charge is -2.71. The standard InChI is InChI=1S/C51H76N2O6S/c1-33(2)31-53(60(57,58)38-18-16-37(59-10)17-19-38)32-41(54)40(30-36-14-12-11-13-15-36)52-46(56)51-27-22-34(3)35(4)45(51)39-20-21-43-48(7)25-24-44(55)47(5,6)42(48)23-26-50(43,9)49(39,8)28-29-51/h11-20,33-35,40-45,54-55H,21-32H2,1-10H3,(H,52,56)/t34-,35+,40+,41-,42+,43-,44+,45+,48+,49-,50-,51+/m1/s1. The number of allylic oxidation sites excluding steroid dienone is 2. The van der Waals surface area contributed by atoms with Crippen molar-refractivity contribution in [3.63, 3.8) is 0 Å². The molecule has 4 fully saturated rings. The van der Waals surface area contributed by atoms with Gasteiger partial charge >= 0.3 is 0 Å². The molecule has 0 bridgehead atoms. The van der Waals surface area contributed by atoms with E-state index in [-0.39, 0.29) is 63.5 Å². The molecule has 7 rings (SSSR count). The number of fused-ring (bicyclic) bond motifs is 7. The number of nitrogens with zero attached hydrogens (tertiary/aromatic N) is 1. The molecule has 8 nitrogen and oxygen atoms in total. The number of hydrogen-bond acceptors (Lipinski definition) is 6. The van der Waals surface area contributed by atoms with Gasteiger partial charge < -0.3 is 20.3 Å². The molecule has 0 aliphatic heterocycles. The molecule has 0 saturated heterocycles. The van der Waals surface area contributed by atoms with E-state index in [4.69, 9.17) is 4.74 Å². The van der Waals surface area contributed by atoms with Gasteiger partial charge in [0.05, 0.1) is 35.7 Å². The van der Waals surface area contributed by atoms with Crippen LogP contribution in [-0.2, 0) is 21.2 Å². The third kappa shape index (κ3) is 7.41. The molecule has 0 radical (unpaired) electrons. The van der Waals surface area contributed by atoms with Gasteiger partial charge in [0.2, 0.25) is 15.9 Å². The van der Waals surface area contributed by atoms with E-state index in [0.717, 1.165) is 63.4 Å². The minimum Gasteiger partial charge on any atom is -0.497 e. The van der Waals surface area contributed by atoms with Crippen LogP contribution in [-0.4, -0.2) is 67.3 Å². The molecule has 4 saturated carbocycles. The summed E-state index contributed by atoms with van der Waals surface area (Å²) >= 11 is 0. The summed E-state index contributed by atoms with van der Waals surface area (Å²) in [6.07, 6.45) is 10.3. The Hall–Kier alpha value is -2.72. The number of ether oxygens (including phenoxy) is 1. The molecule has 5 aliphatic carbocycles. The van der Waals surface area contributed by atoms with Crippen LogP contribution in [0.1, 0.15) is 126 Å². The van der Waals surface area contributed by atoms with Crippen molar-refractivity contribution in [3.05, 3.63) is 71.8 Å². The minimum absolute atomic E-state index is 0.00774. The first-order chi connectivity index (χ1) is 28.2. The molecule has 2 aromatic rings. The fourth-order valence-electron chi connectivity index (χ4n) is 14.2. The summed E-state index contributed by atoms with van der Waals surface area (Å²) in [5.74, 6) is 2.42. The van der Waals surface area contributed by atoms with Gasteiger partial charge in [0.25, 0.3) is 0 Å². The van der Waals surface area contributed by atoms with Gasteiger partial charge in [-0.1, -0.05) is 104 Å². The average Bonchev–Trinajstić information content (AvgIpc) is 3.20. The SMILES string of the molecule is COc1ccc(S(=O)(=O)N(CC(C)C)C[C@@H](O)[C@H](Cc2ccccc2)NC(=O)[C@]23CC[C@@H](C)[C@H](C)[C@H]2C2=CC[C@@H]4[C@@]5(C)CC[C@H](O)C(C)(C)[C@@H]5CC[C@@]4(C)[C@]2(C)CC3)cc1. The van der Waals surface area contributed by atoms with Crippen LogP contribution in [0.25, 0.3) is 0 Å². The van der Waals surface area contributed by atoms with Crippen LogP contribution in [0.15, 0.2) is 71.1 Å². The number of benzene rings is 2. The van der Waals surface area contributed by atoms with Crippen molar-refractivity contribution in [2.45, 2.75) is 150 Å². The Morgan fingerprint density at radius 3 is 2.22 bits per heavy atom. The van der Waals surface area contributed by atoms with Crippen LogP contribution >= 0.6 is 0 Å². The lowest BCUT2D eigenvalue weighted by atomic mass is 9.33. The zero-order chi connectivity index (χ0) is 43.6. The molecule has 60 heavy (non-hydrogen) atoms. The maximum absolute atomic E-state index is 15.5. The third-order valence-corrected chi connectivity index (χ3v) is 20.0. The average molecular weight is 845 g/mol. The van der Waals surface area contributed by atoms with Gasteiger partial charge in [0.15, 0.2) is 0 Å². The second-order valence-electron chi connectivity index (χ2n) is 21.9. The number of aliphatic hydroxyl groups is 2. The monoisotopic (exact) mass is 845 g/mol. The predicted octanol–water partition coefficient (Wildman–Crippen LogP) is 9.45. The third-order valence-electron chi connectivity index (χ3n) is 18.2. The van der Waals surface area contributed by atoms with Crippen molar-refractivity contribution in [1.29, 1.82) is 0 Å². The highest BCUT2D eigenvalue weighted by Gasteiger charge is 2.69. The molecule has 1 amide bonds. The number of amides is 1. The van der Waals surface area contributed by atoms with E-state index in [9.17, 15) is 18.6 Å². The molecule has 9 heteroatoms. The number of methoxy groups -OCH3 is 1. The second-order valence-corrected chi connectivity index (χ2v) is 23.8. The molecule has 2 aromatic carbocycles. The summed E-state index contributed by atoms with van der Waals surface area (Å²) in [4.78, 5) is 15.7. The predicted molar refractivity (Wildman–Crippen MR) is 240 cm³/mol. The zero-order valence-electron chi connectivity index (χ0n) is 38.3. The molecule has 0 unspecified atom stereocenters. The molecule has 12 atom stereocenters. The fraction of sp³-hybridized carbons (Fsp3) is 0.706. The van der Waals surface area contributed by atoms with E-state index >= 15 is 4.79 Å². The Balaban J connectivity index is 1.22. The topological polar surface area (TPSA) is 116 Å². The zero-order valence-corrected chi connectivity index (χ0v) is 39.2. The Kier molecular flexibility index (Phi) is 12.4. The van der Waals surface area contributed by atoms with Crippen molar-refractivity contribution >= 4 is 15.9 Å². The summed E-state index contributed by atoms with van der Waals surface area (Å²) in [5, 5.41) is 27.0. The summed E-state index contributed by atoms with van der Waals surface area (Å²) in [5.41, 5.74) is 1.89. The molecule has 3 N–H and O–H groups in total. The summed E-state index contributed by atoms with van der Waals surface area (Å²) < 4.78 is 35.1. The maximum atomic E-state index is 15.5. The number of nitrogens with one attached hydrogen (secondary N) is 1. The highest BCUT2D eigenvalue weighted by molar-refractivity contribution is 7.89. The Morgan fingerprint density at radius 2 is 1.57 bits per heavy atom. The molecule has 5 aliphatic rings. The van der Waals surface area contributed by atoms with Crippen LogP contribution in [0, 0.1) is 62.6 Å². The van der Waals surface area contributed by atoms with Crippen LogP contribution in [0.5, 0.6) is 5.75 Å². The Morgan fingerprint density at radius 1 is 0.883 bits per heavy atom. The molecule has 0 aromatic heterocycles. The molecule has 332 valence electrons. The van der Waals surface area contributed by atoms with Gasteiger partial charge in [-0.3, -0.25) is 4.79 Å². The first-order valence-electron chi connectivity index (χ1n) is 23.2. The number of rotatable bonds is 12. The fourth-order valence-corrected chi connectivity index (χ4v) is 15.9. The van der Waals surface area contributed by atoms with Crippen LogP contribution < -0.4 is 10.1 Å². The van der Waals surface area contributed by atoms with Crippen LogP contribution in [0.2, 0.25) is 0 Å². The van der Waals surface area contributed by atoms with Crippen molar-refractivity contribution in [1.82, 2.24) is 9.62 Å². The van der Waals surface area contributed by atoms with Crippen molar-refractivity contribution in [2.24, 2.45) is 62.6 Å². The van der Waals surface area contributed by atoms with Crippen molar-refractivity contribution < 1.29 is 28.2 Å². The summed E-state index contributed by atoms with van der Waals surface area (Å²) in [6, 6.07) is 15.6. The number of hydrogen-bond donors (Lipinski definition) is 3. The first kappa shape index (κ1) is 45.3. The molecule has 0 spiro atoms. The van der Waals surface area contributed by atoms with E-state index in [0.29, 0.717) is 35.8 Å². The largest absolute Gasteiger partial charge is 0.497 e. The van der Waals surface area contributed by atoms with E-state index < -0.39 is 27.6 Å². The first-order valence-corrected chi connectivity index (χ1v) is 24.7. The van der Waals surface area contributed by atoms with Crippen LogP contribution in [0.3, 0.4) is 0 Å². The van der Waals surface area contributed by atoms with Gasteiger partial charge in [-0.05, 0) is 151 Å².